The zero-order valence-electron chi connectivity index (χ0n) is 11.4. The van der Waals surface area contributed by atoms with Crippen molar-refractivity contribution < 1.29 is 4.79 Å². The third-order valence-corrected chi connectivity index (χ3v) is 4.45. The highest BCUT2D eigenvalue weighted by Crippen LogP contribution is 2.27. The summed E-state index contributed by atoms with van der Waals surface area (Å²) < 4.78 is 0. The molecule has 4 heteroatoms. The van der Waals surface area contributed by atoms with Crippen molar-refractivity contribution in [1.82, 2.24) is 10.3 Å². The number of hydrogen-bond donors (Lipinski definition) is 2. The van der Waals surface area contributed by atoms with Crippen molar-refractivity contribution in [2.75, 3.05) is 0 Å². The van der Waals surface area contributed by atoms with E-state index in [9.17, 15) is 4.79 Å². The Labute approximate surface area is 123 Å². The van der Waals surface area contributed by atoms with Crippen LogP contribution >= 0.6 is 11.6 Å². The molecule has 0 unspecified atom stereocenters. The summed E-state index contributed by atoms with van der Waals surface area (Å²) >= 11 is 6.31. The van der Waals surface area contributed by atoms with Gasteiger partial charge < -0.3 is 10.3 Å². The van der Waals surface area contributed by atoms with Gasteiger partial charge in [-0.25, -0.2) is 0 Å². The molecule has 0 bridgehead atoms. The molecule has 106 valence electrons. The van der Waals surface area contributed by atoms with E-state index in [0.717, 1.165) is 23.7 Å². The van der Waals surface area contributed by atoms with Crippen LogP contribution in [0.5, 0.6) is 0 Å². The van der Waals surface area contributed by atoms with Crippen LogP contribution in [0.3, 0.4) is 0 Å². The maximum absolute atomic E-state index is 12.4. The van der Waals surface area contributed by atoms with E-state index in [-0.39, 0.29) is 11.9 Å². The second-order valence-electron chi connectivity index (χ2n) is 5.52. The topological polar surface area (TPSA) is 44.9 Å². The molecule has 0 radical (unpaired) electrons. The average Bonchev–Trinajstić information content (AvgIpc) is 2.64. The van der Waals surface area contributed by atoms with Gasteiger partial charge in [-0.3, -0.25) is 4.79 Å². The van der Waals surface area contributed by atoms with Crippen LogP contribution in [0, 0.1) is 0 Å². The fraction of sp³-hybridized carbons (Fsp3) is 0.438. The van der Waals surface area contributed by atoms with Crippen LogP contribution in [0.1, 0.15) is 49.0 Å². The number of amides is 1. The Balaban J connectivity index is 1.79. The minimum Gasteiger partial charge on any atom is -0.349 e. The molecule has 1 aromatic heterocycles. The van der Waals surface area contributed by atoms with E-state index in [1.165, 1.54) is 25.7 Å². The number of aromatic amines is 1. The molecule has 20 heavy (non-hydrogen) atoms. The molecule has 1 aromatic carbocycles. The smallest absolute Gasteiger partial charge is 0.269 e. The summed E-state index contributed by atoms with van der Waals surface area (Å²) in [6, 6.07) is 8.00. The number of carbonyl (C=O) groups excluding carboxylic acids is 1. The first-order chi connectivity index (χ1) is 9.75. The van der Waals surface area contributed by atoms with E-state index in [4.69, 9.17) is 11.6 Å². The maximum Gasteiger partial charge on any atom is 0.269 e. The van der Waals surface area contributed by atoms with Crippen LogP contribution in [0.25, 0.3) is 10.9 Å². The van der Waals surface area contributed by atoms with Crippen molar-refractivity contribution in [3.05, 3.63) is 35.0 Å². The van der Waals surface area contributed by atoms with Crippen molar-refractivity contribution in [2.45, 2.75) is 44.6 Å². The minimum atomic E-state index is -0.0851. The molecule has 0 saturated heterocycles. The molecule has 1 aliphatic carbocycles. The van der Waals surface area contributed by atoms with Crippen molar-refractivity contribution in [1.29, 1.82) is 0 Å². The largest absolute Gasteiger partial charge is 0.349 e. The number of rotatable bonds is 2. The third-order valence-electron chi connectivity index (χ3n) is 4.06. The van der Waals surface area contributed by atoms with Gasteiger partial charge in [0.2, 0.25) is 0 Å². The lowest BCUT2D eigenvalue weighted by Gasteiger charge is -2.15. The Morgan fingerprint density at radius 1 is 1.15 bits per heavy atom. The standard InChI is InChI=1S/C16H19ClN2O/c17-14-12-9-5-6-10-13(12)19-15(14)16(20)18-11-7-3-1-2-4-8-11/h5-6,9-11,19H,1-4,7-8H2,(H,18,20). The molecule has 2 aromatic rings. The van der Waals surface area contributed by atoms with Gasteiger partial charge in [0, 0.05) is 16.9 Å². The molecule has 1 amide bonds. The van der Waals surface area contributed by atoms with Crippen LogP contribution in [0.4, 0.5) is 0 Å². The zero-order chi connectivity index (χ0) is 13.9. The molecule has 2 N–H and O–H groups in total. The van der Waals surface area contributed by atoms with Crippen LogP contribution < -0.4 is 5.32 Å². The number of halogens is 1. The predicted octanol–water partition coefficient (Wildman–Crippen LogP) is 4.27. The van der Waals surface area contributed by atoms with Gasteiger partial charge >= 0.3 is 0 Å². The van der Waals surface area contributed by atoms with E-state index in [1.54, 1.807) is 0 Å². The molecule has 1 fully saturated rings. The number of hydrogen-bond acceptors (Lipinski definition) is 1. The lowest BCUT2D eigenvalue weighted by molar-refractivity contribution is 0.0929. The Hall–Kier alpha value is -1.48. The van der Waals surface area contributed by atoms with Gasteiger partial charge in [0.1, 0.15) is 5.69 Å². The Morgan fingerprint density at radius 3 is 2.55 bits per heavy atom. The summed E-state index contributed by atoms with van der Waals surface area (Å²) in [5, 5.41) is 4.55. The summed E-state index contributed by atoms with van der Waals surface area (Å²) in [6.07, 6.45) is 7.10. The van der Waals surface area contributed by atoms with Gasteiger partial charge in [0.25, 0.3) is 5.91 Å². The van der Waals surface area contributed by atoms with Gasteiger partial charge in [-0.1, -0.05) is 55.5 Å². The Kier molecular flexibility index (Phi) is 3.97. The summed E-state index contributed by atoms with van der Waals surface area (Å²) in [6.45, 7) is 0. The van der Waals surface area contributed by atoms with Crippen LogP contribution in [-0.4, -0.2) is 16.9 Å². The molecule has 3 nitrogen and oxygen atoms in total. The summed E-state index contributed by atoms with van der Waals surface area (Å²) in [7, 11) is 0. The van der Waals surface area contributed by atoms with Gasteiger partial charge in [-0.2, -0.15) is 0 Å². The molecule has 1 heterocycles. The monoisotopic (exact) mass is 290 g/mol. The highest BCUT2D eigenvalue weighted by atomic mass is 35.5. The summed E-state index contributed by atoms with van der Waals surface area (Å²) in [5.41, 5.74) is 1.39. The van der Waals surface area contributed by atoms with Gasteiger partial charge in [-0.05, 0) is 18.9 Å². The molecule has 0 spiro atoms. The number of nitrogens with one attached hydrogen (secondary N) is 2. The van der Waals surface area contributed by atoms with E-state index >= 15 is 0 Å². The molecule has 3 rings (SSSR count). The van der Waals surface area contributed by atoms with Crippen LogP contribution in [0.2, 0.25) is 5.02 Å². The predicted molar refractivity (Wildman–Crippen MR) is 82.3 cm³/mol. The van der Waals surface area contributed by atoms with Gasteiger partial charge in [0.15, 0.2) is 0 Å². The maximum atomic E-state index is 12.4. The molecule has 1 aliphatic rings. The van der Waals surface area contributed by atoms with Gasteiger partial charge in [0.05, 0.1) is 5.02 Å². The molecule has 1 saturated carbocycles. The summed E-state index contributed by atoms with van der Waals surface area (Å²) in [5.74, 6) is -0.0851. The van der Waals surface area contributed by atoms with E-state index < -0.39 is 0 Å². The summed E-state index contributed by atoms with van der Waals surface area (Å²) in [4.78, 5) is 15.5. The second-order valence-corrected chi connectivity index (χ2v) is 5.90. The first-order valence-electron chi connectivity index (χ1n) is 7.33. The van der Waals surface area contributed by atoms with Crippen molar-refractivity contribution in [3.8, 4) is 0 Å². The Bertz CT molecular complexity index is 612. The number of aromatic nitrogens is 1. The number of fused-ring (bicyclic) bond motifs is 1. The van der Waals surface area contributed by atoms with E-state index in [2.05, 4.69) is 10.3 Å². The van der Waals surface area contributed by atoms with Crippen LogP contribution in [-0.2, 0) is 0 Å². The molecular weight excluding hydrogens is 272 g/mol. The van der Waals surface area contributed by atoms with Crippen molar-refractivity contribution in [2.24, 2.45) is 0 Å². The number of para-hydroxylation sites is 1. The van der Waals surface area contributed by atoms with E-state index in [1.807, 2.05) is 24.3 Å². The highest BCUT2D eigenvalue weighted by Gasteiger charge is 2.20. The van der Waals surface area contributed by atoms with Gasteiger partial charge in [-0.15, -0.1) is 0 Å². The normalized spacial score (nSPS) is 17.1. The lowest BCUT2D eigenvalue weighted by Crippen LogP contribution is -2.34. The highest BCUT2D eigenvalue weighted by molar-refractivity contribution is 6.38. The zero-order valence-corrected chi connectivity index (χ0v) is 12.2. The number of H-pyrrole nitrogens is 1. The minimum absolute atomic E-state index is 0.0851. The molecule has 0 aliphatic heterocycles. The Morgan fingerprint density at radius 2 is 1.85 bits per heavy atom. The first-order valence-corrected chi connectivity index (χ1v) is 7.70. The van der Waals surface area contributed by atoms with E-state index in [0.29, 0.717) is 10.7 Å². The lowest BCUT2D eigenvalue weighted by atomic mass is 10.1. The van der Waals surface area contributed by atoms with Crippen molar-refractivity contribution >= 4 is 28.4 Å². The number of benzene rings is 1. The first kappa shape index (κ1) is 13.5. The van der Waals surface area contributed by atoms with Crippen LogP contribution in [0.15, 0.2) is 24.3 Å². The third kappa shape index (κ3) is 2.68. The number of carbonyl (C=O) groups is 1. The molecular formula is C16H19ClN2O. The average molecular weight is 291 g/mol. The van der Waals surface area contributed by atoms with Crippen molar-refractivity contribution in [3.63, 3.8) is 0 Å². The second kappa shape index (κ2) is 5.88. The quantitative estimate of drug-likeness (QED) is 0.797. The molecule has 0 atom stereocenters. The fourth-order valence-corrected chi connectivity index (χ4v) is 3.24. The SMILES string of the molecule is O=C(NC1CCCCCC1)c1[nH]c2ccccc2c1Cl. The fourth-order valence-electron chi connectivity index (χ4n) is 2.95.